The molecule has 1 aromatic rings. The first-order valence-corrected chi connectivity index (χ1v) is 12.0. The Hall–Kier alpha value is -1.48. The Bertz CT molecular complexity index is 779. The number of benzene rings is 1. The maximum absolute atomic E-state index is 12.9. The van der Waals surface area contributed by atoms with Crippen LogP contribution in [0.25, 0.3) is 0 Å². The van der Waals surface area contributed by atoms with Gasteiger partial charge in [-0.25, -0.2) is 8.42 Å². The molecule has 0 saturated carbocycles. The molecular formula is C21H33N3O4S. The van der Waals surface area contributed by atoms with Crippen molar-refractivity contribution < 1.29 is 17.9 Å². The maximum atomic E-state index is 12.9. The number of amides is 1. The van der Waals surface area contributed by atoms with Gasteiger partial charge in [0, 0.05) is 43.8 Å². The van der Waals surface area contributed by atoms with Crippen LogP contribution >= 0.6 is 0 Å². The van der Waals surface area contributed by atoms with Gasteiger partial charge in [0.2, 0.25) is 10.0 Å². The van der Waals surface area contributed by atoms with E-state index in [2.05, 4.69) is 24.1 Å². The molecule has 2 aliphatic heterocycles. The summed E-state index contributed by atoms with van der Waals surface area (Å²) in [6, 6.07) is 6.29. The van der Waals surface area contributed by atoms with Crippen LogP contribution in [0.15, 0.2) is 29.2 Å². The van der Waals surface area contributed by atoms with Crippen LogP contribution in [0.3, 0.4) is 0 Å². The van der Waals surface area contributed by atoms with E-state index in [9.17, 15) is 13.2 Å². The fourth-order valence-electron chi connectivity index (χ4n) is 3.89. The number of hydrogen-bond acceptors (Lipinski definition) is 5. The molecule has 0 aromatic heterocycles. The highest BCUT2D eigenvalue weighted by Crippen LogP contribution is 2.21. The van der Waals surface area contributed by atoms with Crippen LogP contribution < -0.4 is 5.32 Å². The molecular weight excluding hydrogens is 390 g/mol. The maximum Gasteiger partial charge on any atom is 0.251 e. The number of morpholine rings is 1. The van der Waals surface area contributed by atoms with Crippen LogP contribution in [-0.4, -0.2) is 75.0 Å². The van der Waals surface area contributed by atoms with Crippen LogP contribution in [-0.2, 0) is 14.8 Å². The van der Waals surface area contributed by atoms with E-state index in [-0.39, 0.29) is 16.3 Å². The number of rotatable bonds is 6. The zero-order valence-corrected chi connectivity index (χ0v) is 18.3. The normalized spacial score (nSPS) is 20.2. The molecule has 162 valence electrons. The van der Waals surface area contributed by atoms with E-state index in [1.807, 2.05) is 0 Å². The van der Waals surface area contributed by atoms with E-state index in [0.29, 0.717) is 38.4 Å². The fourth-order valence-corrected chi connectivity index (χ4v) is 5.41. The molecule has 0 spiro atoms. The lowest BCUT2D eigenvalue weighted by Gasteiger charge is -2.40. The SMILES string of the molecule is CC(C)(CNC(=O)c1ccc(S(=O)(=O)N2CCCCCC2)cc1)N1CCOCC1. The van der Waals surface area contributed by atoms with Gasteiger partial charge in [-0.2, -0.15) is 4.31 Å². The van der Waals surface area contributed by atoms with E-state index >= 15 is 0 Å². The summed E-state index contributed by atoms with van der Waals surface area (Å²) in [6.45, 7) is 9.00. The van der Waals surface area contributed by atoms with Gasteiger partial charge >= 0.3 is 0 Å². The van der Waals surface area contributed by atoms with Gasteiger partial charge in [0.1, 0.15) is 0 Å². The fraction of sp³-hybridized carbons (Fsp3) is 0.667. The standard InChI is InChI=1S/C21H33N3O4S/c1-21(2,23-13-15-28-16-14-23)17-22-20(25)18-7-9-19(10-8-18)29(26,27)24-11-5-3-4-6-12-24/h7-10H,3-6,11-17H2,1-2H3,(H,22,25). The van der Waals surface area contributed by atoms with Gasteiger partial charge < -0.3 is 10.1 Å². The Kier molecular flexibility index (Phi) is 7.32. The number of nitrogens with zero attached hydrogens (tertiary/aromatic N) is 2. The number of ether oxygens (including phenoxy) is 1. The average Bonchev–Trinajstić information content (AvgIpc) is 3.03. The largest absolute Gasteiger partial charge is 0.379 e. The van der Waals surface area contributed by atoms with Gasteiger partial charge in [0.15, 0.2) is 0 Å². The van der Waals surface area contributed by atoms with Crippen molar-refractivity contribution in [2.75, 3.05) is 45.9 Å². The molecule has 2 heterocycles. The lowest BCUT2D eigenvalue weighted by molar-refractivity contribution is -0.00923. The van der Waals surface area contributed by atoms with Crippen molar-refractivity contribution >= 4 is 15.9 Å². The second-order valence-electron chi connectivity index (χ2n) is 8.44. The van der Waals surface area contributed by atoms with E-state index < -0.39 is 10.0 Å². The smallest absolute Gasteiger partial charge is 0.251 e. The zero-order chi connectivity index (χ0) is 20.9. The minimum Gasteiger partial charge on any atom is -0.379 e. The molecule has 2 fully saturated rings. The Morgan fingerprint density at radius 1 is 1.00 bits per heavy atom. The Labute approximate surface area is 174 Å². The molecule has 0 unspecified atom stereocenters. The monoisotopic (exact) mass is 423 g/mol. The highest BCUT2D eigenvalue weighted by Gasteiger charge is 2.29. The first-order chi connectivity index (χ1) is 13.8. The number of sulfonamides is 1. The van der Waals surface area contributed by atoms with Crippen molar-refractivity contribution in [3.05, 3.63) is 29.8 Å². The topological polar surface area (TPSA) is 79.0 Å². The molecule has 1 amide bonds. The minimum absolute atomic E-state index is 0.171. The van der Waals surface area contributed by atoms with Crippen molar-refractivity contribution in [1.82, 2.24) is 14.5 Å². The first-order valence-electron chi connectivity index (χ1n) is 10.5. The molecule has 0 atom stereocenters. The van der Waals surface area contributed by atoms with Crippen LogP contribution in [0.1, 0.15) is 49.9 Å². The van der Waals surface area contributed by atoms with Gasteiger partial charge in [-0.3, -0.25) is 9.69 Å². The molecule has 7 nitrogen and oxygen atoms in total. The highest BCUT2D eigenvalue weighted by atomic mass is 32.2. The summed E-state index contributed by atoms with van der Waals surface area (Å²) in [5.41, 5.74) is 0.299. The molecule has 3 rings (SSSR count). The highest BCUT2D eigenvalue weighted by molar-refractivity contribution is 7.89. The number of hydrogen-bond donors (Lipinski definition) is 1. The average molecular weight is 424 g/mol. The second kappa shape index (κ2) is 9.55. The lowest BCUT2D eigenvalue weighted by atomic mass is 10.0. The molecule has 0 bridgehead atoms. The summed E-state index contributed by atoms with van der Waals surface area (Å²) in [4.78, 5) is 15.1. The second-order valence-corrected chi connectivity index (χ2v) is 10.4. The summed E-state index contributed by atoms with van der Waals surface area (Å²) in [6.07, 6.45) is 3.95. The van der Waals surface area contributed by atoms with Crippen LogP contribution in [0.4, 0.5) is 0 Å². The van der Waals surface area contributed by atoms with Gasteiger partial charge in [0.05, 0.1) is 18.1 Å². The van der Waals surface area contributed by atoms with Gasteiger partial charge in [0.25, 0.3) is 5.91 Å². The molecule has 29 heavy (non-hydrogen) atoms. The molecule has 2 saturated heterocycles. The zero-order valence-electron chi connectivity index (χ0n) is 17.5. The third kappa shape index (κ3) is 5.57. The van der Waals surface area contributed by atoms with E-state index in [1.54, 1.807) is 28.6 Å². The molecule has 2 aliphatic rings. The predicted molar refractivity (Wildman–Crippen MR) is 112 cm³/mol. The third-order valence-corrected chi connectivity index (χ3v) is 7.78. The summed E-state index contributed by atoms with van der Waals surface area (Å²) >= 11 is 0. The third-order valence-electron chi connectivity index (χ3n) is 5.87. The summed E-state index contributed by atoms with van der Waals surface area (Å²) in [7, 11) is -3.49. The van der Waals surface area contributed by atoms with E-state index in [0.717, 1.165) is 38.8 Å². The number of carbonyl (C=O) groups excluding carboxylic acids is 1. The van der Waals surface area contributed by atoms with Gasteiger partial charge in [-0.05, 0) is 51.0 Å². The van der Waals surface area contributed by atoms with Crippen LogP contribution in [0.2, 0.25) is 0 Å². The number of nitrogens with one attached hydrogen (secondary N) is 1. The summed E-state index contributed by atoms with van der Waals surface area (Å²) in [5, 5.41) is 2.99. The first kappa shape index (κ1) is 22.2. The van der Waals surface area contributed by atoms with Gasteiger partial charge in [-0.1, -0.05) is 12.8 Å². The molecule has 8 heteroatoms. The molecule has 0 aliphatic carbocycles. The van der Waals surface area contributed by atoms with Crippen LogP contribution in [0.5, 0.6) is 0 Å². The molecule has 1 N–H and O–H groups in total. The predicted octanol–water partition coefficient (Wildman–Crippen LogP) is 2.09. The Morgan fingerprint density at radius 2 is 1.59 bits per heavy atom. The van der Waals surface area contributed by atoms with Crippen molar-refractivity contribution in [2.45, 2.75) is 50.0 Å². The Balaban J connectivity index is 1.61. The van der Waals surface area contributed by atoms with Gasteiger partial charge in [-0.15, -0.1) is 0 Å². The summed E-state index contributed by atoms with van der Waals surface area (Å²) < 4.78 is 32.7. The van der Waals surface area contributed by atoms with Crippen LogP contribution in [0, 0.1) is 0 Å². The molecule has 1 aromatic carbocycles. The van der Waals surface area contributed by atoms with E-state index in [1.165, 1.54) is 0 Å². The number of carbonyl (C=O) groups is 1. The summed E-state index contributed by atoms with van der Waals surface area (Å²) in [5.74, 6) is -0.190. The quantitative estimate of drug-likeness (QED) is 0.758. The Morgan fingerprint density at radius 3 is 2.17 bits per heavy atom. The van der Waals surface area contributed by atoms with Crippen molar-refractivity contribution in [3.63, 3.8) is 0 Å². The van der Waals surface area contributed by atoms with E-state index in [4.69, 9.17) is 4.74 Å². The lowest BCUT2D eigenvalue weighted by Crippen LogP contribution is -2.55. The van der Waals surface area contributed by atoms with Crippen molar-refractivity contribution in [1.29, 1.82) is 0 Å². The van der Waals surface area contributed by atoms with Crippen molar-refractivity contribution in [2.24, 2.45) is 0 Å². The molecule has 0 radical (unpaired) electrons. The minimum atomic E-state index is -3.49. The van der Waals surface area contributed by atoms with Crippen molar-refractivity contribution in [3.8, 4) is 0 Å².